The van der Waals surface area contributed by atoms with Gasteiger partial charge in [0.25, 0.3) is 0 Å². The third kappa shape index (κ3) is 2.46. The van der Waals surface area contributed by atoms with E-state index in [9.17, 15) is 0 Å². The summed E-state index contributed by atoms with van der Waals surface area (Å²) in [5.41, 5.74) is 2.96. The highest BCUT2D eigenvalue weighted by Crippen LogP contribution is 2.54. The van der Waals surface area contributed by atoms with Crippen LogP contribution in [0.2, 0.25) is 0 Å². The highest BCUT2D eigenvalue weighted by Gasteiger charge is 2.35. The first-order chi connectivity index (χ1) is 8.62. The first-order valence-corrected chi connectivity index (χ1v) is 10.2. The summed E-state index contributed by atoms with van der Waals surface area (Å²) in [5, 5.41) is 0. The Bertz CT molecular complexity index is 373. The second-order valence-electron chi connectivity index (χ2n) is 4.86. The molecule has 0 spiro atoms. The lowest BCUT2D eigenvalue weighted by Gasteiger charge is -2.26. The maximum absolute atomic E-state index is 2.37. The van der Waals surface area contributed by atoms with Crippen LogP contribution in [0.15, 0.2) is 24.3 Å². The summed E-state index contributed by atoms with van der Waals surface area (Å²) < 4.78 is 0.574. The molecule has 2 aliphatic rings. The Balaban J connectivity index is 1.85. The molecule has 4 heteroatoms. The van der Waals surface area contributed by atoms with E-state index >= 15 is 0 Å². The maximum atomic E-state index is 2.37. The fourth-order valence-electron chi connectivity index (χ4n) is 2.44. The average Bonchev–Trinajstić information content (AvgIpc) is 3.01. The van der Waals surface area contributed by atoms with Crippen molar-refractivity contribution >= 4 is 47.0 Å². The second-order valence-corrected chi connectivity index (χ2v) is 11.4. The van der Waals surface area contributed by atoms with Crippen molar-refractivity contribution in [1.29, 1.82) is 0 Å². The summed E-state index contributed by atoms with van der Waals surface area (Å²) in [7, 11) is 0. The lowest BCUT2D eigenvalue weighted by atomic mass is 10.1. The van der Waals surface area contributed by atoms with E-state index in [4.69, 9.17) is 0 Å². The van der Waals surface area contributed by atoms with Crippen molar-refractivity contribution in [3.63, 3.8) is 0 Å². The third-order valence-electron chi connectivity index (χ3n) is 3.61. The van der Waals surface area contributed by atoms with Crippen molar-refractivity contribution in [2.45, 2.75) is 22.0 Å². The summed E-state index contributed by atoms with van der Waals surface area (Å²) in [5.74, 6) is 5.14. The Hall–Kier alpha value is 0.620. The van der Waals surface area contributed by atoms with Crippen molar-refractivity contribution < 1.29 is 0 Å². The Morgan fingerprint density at radius 3 is 1.22 bits per heavy atom. The lowest BCUT2D eigenvalue weighted by Crippen LogP contribution is -2.11. The van der Waals surface area contributed by atoms with Gasteiger partial charge in [0, 0.05) is 23.0 Å². The van der Waals surface area contributed by atoms with E-state index in [-0.39, 0.29) is 8.16 Å². The van der Waals surface area contributed by atoms with Gasteiger partial charge in [-0.1, -0.05) is 24.3 Å². The van der Waals surface area contributed by atoms with E-state index in [2.05, 4.69) is 85.2 Å². The van der Waals surface area contributed by atoms with Crippen LogP contribution < -0.4 is 0 Å². The minimum atomic E-state index is 0.287. The Kier molecular flexibility index (Phi) is 3.92. The monoisotopic (exact) mass is 314 g/mol. The van der Waals surface area contributed by atoms with Gasteiger partial charge in [0.1, 0.15) is 0 Å². The number of thioether (sulfide) groups is 4. The van der Waals surface area contributed by atoms with Gasteiger partial charge in [0.05, 0.1) is 8.16 Å². The van der Waals surface area contributed by atoms with E-state index in [1.807, 2.05) is 0 Å². The largest absolute Gasteiger partial charge is 0.139 e. The maximum Gasteiger partial charge on any atom is 0.0832 e. The number of benzene rings is 1. The van der Waals surface area contributed by atoms with E-state index in [1.54, 1.807) is 0 Å². The van der Waals surface area contributed by atoms with E-state index in [0.717, 1.165) is 0 Å². The molecule has 2 fully saturated rings. The zero-order valence-electron chi connectivity index (χ0n) is 10.8. The summed E-state index contributed by atoms with van der Waals surface area (Å²) in [6, 6.07) is 9.41. The van der Waals surface area contributed by atoms with E-state index < -0.39 is 0 Å². The molecule has 0 bridgehead atoms. The smallest absolute Gasteiger partial charge is 0.0832 e. The summed E-state index contributed by atoms with van der Waals surface area (Å²) in [6.45, 7) is 4.73. The van der Waals surface area contributed by atoms with Crippen LogP contribution in [-0.2, 0) is 8.16 Å². The summed E-state index contributed by atoms with van der Waals surface area (Å²) >= 11 is 8.35. The second kappa shape index (κ2) is 5.19. The molecule has 0 nitrogen and oxygen atoms in total. The molecule has 2 saturated heterocycles. The van der Waals surface area contributed by atoms with Gasteiger partial charge in [0.2, 0.25) is 0 Å². The van der Waals surface area contributed by atoms with Gasteiger partial charge in [-0.2, -0.15) is 0 Å². The first kappa shape index (κ1) is 13.6. The molecule has 0 radical (unpaired) electrons. The Labute approximate surface area is 127 Å². The van der Waals surface area contributed by atoms with Crippen molar-refractivity contribution in [2.24, 2.45) is 0 Å². The summed E-state index contributed by atoms with van der Waals surface area (Å²) in [6.07, 6.45) is 0. The third-order valence-corrected chi connectivity index (χ3v) is 10.3. The molecule has 0 atom stereocenters. The summed E-state index contributed by atoms with van der Waals surface area (Å²) in [4.78, 5) is 0. The molecule has 0 aromatic heterocycles. The van der Waals surface area contributed by atoms with Gasteiger partial charge >= 0.3 is 0 Å². The number of hydrogen-bond acceptors (Lipinski definition) is 4. The van der Waals surface area contributed by atoms with Crippen LogP contribution in [0.5, 0.6) is 0 Å². The van der Waals surface area contributed by atoms with Crippen molar-refractivity contribution in [3.05, 3.63) is 35.4 Å². The van der Waals surface area contributed by atoms with Crippen LogP contribution in [-0.4, -0.2) is 23.0 Å². The molecule has 0 unspecified atom stereocenters. The quantitative estimate of drug-likeness (QED) is 0.753. The van der Waals surface area contributed by atoms with Crippen LogP contribution >= 0.6 is 47.0 Å². The zero-order chi connectivity index (χ0) is 12.6. The molecule has 18 heavy (non-hydrogen) atoms. The molecule has 0 N–H and O–H groups in total. The molecule has 98 valence electrons. The van der Waals surface area contributed by atoms with Crippen molar-refractivity contribution in [1.82, 2.24) is 0 Å². The molecule has 1 aromatic carbocycles. The van der Waals surface area contributed by atoms with Gasteiger partial charge in [-0.15, -0.1) is 47.0 Å². The van der Waals surface area contributed by atoms with Crippen LogP contribution in [0.1, 0.15) is 25.0 Å². The van der Waals surface area contributed by atoms with Gasteiger partial charge in [-0.25, -0.2) is 0 Å². The molecule has 2 heterocycles. The molecule has 3 rings (SSSR count). The van der Waals surface area contributed by atoms with Gasteiger partial charge in [-0.05, 0) is 25.0 Å². The number of rotatable bonds is 2. The van der Waals surface area contributed by atoms with Crippen LogP contribution in [0, 0.1) is 0 Å². The van der Waals surface area contributed by atoms with Gasteiger partial charge < -0.3 is 0 Å². The highest BCUT2D eigenvalue weighted by molar-refractivity contribution is 8.21. The van der Waals surface area contributed by atoms with Gasteiger partial charge in [-0.3, -0.25) is 0 Å². The standard InChI is InChI=1S/C14H18S4/c1-13(15-7-8-16-13)11-3-5-12(6-4-11)14(2)17-9-10-18-14/h3-6H,7-10H2,1-2H3. The molecule has 0 amide bonds. The molecule has 2 aliphatic heterocycles. The normalized spacial score (nSPS) is 25.4. The van der Waals surface area contributed by atoms with E-state index in [0.29, 0.717) is 0 Å². The minimum absolute atomic E-state index is 0.287. The lowest BCUT2D eigenvalue weighted by molar-refractivity contribution is 0.991. The zero-order valence-corrected chi connectivity index (χ0v) is 14.0. The first-order valence-electron chi connectivity index (χ1n) is 6.29. The highest BCUT2D eigenvalue weighted by atomic mass is 32.2. The average molecular weight is 315 g/mol. The number of hydrogen-bond donors (Lipinski definition) is 0. The van der Waals surface area contributed by atoms with E-state index in [1.165, 1.54) is 34.1 Å². The fourth-order valence-corrected chi connectivity index (χ4v) is 8.21. The molecule has 1 aromatic rings. The van der Waals surface area contributed by atoms with Crippen molar-refractivity contribution in [3.8, 4) is 0 Å². The Morgan fingerprint density at radius 2 is 0.944 bits per heavy atom. The SMILES string of the molecule is CC1(c2ccc(C3(C)SCCS3)cc2)SCCS1. The fraction of sp³-hybridized carbons (Fsp3) is 0.571. The van der Waals surface area contributed by atoms with Crippen molar-refractivity contribution in [2.75, 3.05) is 23.0 Å². The van der Waals surface area contributed by atoms with Crippen LogP contribution in [0.3, 0.4) is 0 Å². The predicted molar refractivity (Wildman–Crippen MR) is 91.0 cm³/mol. The molecule has 0 saturated carbocycles. The predicted octanol–water partition coefficient (Wildman–Crippen LogP) is 4.99. The van der Waals surface area contributed by atoms with Crippen LogP contribution in [0.4, 0.5) is 0 Å². The molecular weight excluding hydrogens is 296 g/mol. The minimum Gasteiger partial charge on any atom is -0.139 e. The Morgan fingerprint density at radius 1 is 0.667 bits per heavy atom. The molecular formula is C14H18S4. The molecule has 0 aliphatic carbocycles. The topological polar surface area (TPSA) is 0 Å². The van der Waals surface area contributed by atoms with Gasteiger partial charge in [0.15, 0.2) is 0 Å². The van der Waals surface area contributed by atoms with Crippen LogP contribution in [0.25, 0.3) is 0 Å².